The molecule has 0 unspecified atom stereocenters. The van der Waals surface area contributed by atoms with Crippen molar-refractivity contribution in [1.82, 2.24) is 14.1 Å². The van der Waals surface area contributed by atoms with Crippen molar-refractivity contribution in [1.29, 1.82) is 0 Å². The van der Waals surface area contributed by atoms with Gasteiger partial charge in [-0.2, -0.15) is 4.31 Å². The molecule has 1 aromatic carbocycles. The zero-order chi connectivity index (χ0) is 20.3. The molecule has 2 heterocycles. The molecular weight excluding hydrogens is 382 g/mol. The van der Waals surface area contributed by atoms with Crippen LogP contribution in [0.2, 0.25) is 0 Å². The fraction of sp³-hybridized carbons (Fsp3) is 0.368. The van der Waals surface area contributed by atoms with Gasteiger partial charge in [-0.1, -0.05) is 6.07 Å². The molecule has 9 heteroatoms. The smallest absolute Gasteiger partial charge is 0.254 e. The average molecular weight is 405 g/mol. The number of furan rings is 1. The van der Waals surface area contributed by atoms with E-state index in [0.29, 0.717) is 18.8 Å². The second kappa shape index (κ2) is 8.15. The number of hydrogen-bond donors (Lipinski definition) is 0. The highest BCUT2D eigenvalue weighted by Gasteiger charge is 2.29. The highest BCUT2D eigenvalue weighted by atomic mass is 32.2. The number of carbonyl (C=O) groups is 2. The third-order valence-corrected chi connectivity index (χ3v) is 6.62. The van der Waals surface area contributed by atoms with E-state index in [1.54, 1.807) is 36.2 Å². The summed E-state index contributed by atoms with van der Waals surface area (Å²) in [6.45, 7) is 2.95. The maximum Gasteiger partial charge on any atom is 0.254 e. The molecule has 2 amide bonds. The fourth-order valence-corrected chi connectivity index (χ4v) is 4.58. The summed E-state index contributed by atoms with van der Waals surface area (Å²) < 4.78 is 32.5. The zero-order valence-corrected chi connectivity index (χ0v) is 16.7. The monoisotopic (exact) mass is 405 g/mol. The molecule has 0 atom stereocenters. The lowest BCUT2D eigenvalue weighted by molar-refractivity contribution is -0.129. The lowest BCUT2D eigenvalue weighted by Crippen LogP contribution is -2.49. The molecule has 2 aromatic rings. The minimum Gasteiger partial charge on any atom is -0.467 e. The van der Waals surface area contributed by atoms with Gasteiger partial charge in [0, 0.05) is 45.7 Å². The molecule has 28 heavy (non-hydrogen) atoms. The van der Waals surface area contributed by atoms with Gasteiger partial charge in [0.15, 0.2) is 0 Å². The molecule has 1 saturated heterocycles. The molecule has 0 bridgehead atoms. The first kappa shape index (κ1) is 20.1. The SMILES string of the molecule is CC(=O)N1CCN(S(=O)(=O)c2cccc(C(=O)N(C)Cc3ccco3)c2)CC1. The lowest BCUT2D eigenvalue weighted by atomic mass is 10.2. The Morgan fingerprint density at radius 3 is 2.43 bits per heavy atom. The summed E-state index contributed by atoms with van der Waals surface area (Å²) >= 11 is 0. The van der Waals surface area contributed by atoms with Crippen molar-refractivity contribution in [3.05, 3.63) is 54.0 Å². The second-order valence-electron chi connectivity index (χ2n) is 6.68. The van der Waals surface area contributed by atoms with Crippen molar-refractivity contribution in [3.8, 4) is 0 Å². The Balaban J connectivity index is 1.75. The molecular formula is C19H23N3O5S. The van der Waals surface area contributed by atoms with Crippen molar-refractivity contribution in [2.45, 2.75) is 18.4 Å². The molecule has 0 N–H and O–H groups in total. The van der Waals surface area contributed by atoms with E-state index in [-0.39, 0.29) is 41.9 Å². The number of rotatable bonds is 5. The van der Waals surface area contributed by atoms with E-state index in [0.717, 1.165) is 0 Å². The Labute approximate surface area is 164 Å². The maximum absolute atomic E-state index is 12.9. The van der Waals surface area contributed by atoms with Crippen molar-refractivity contribution in [2.24, 2.45) is 0 Å². The van der Waals surface area contributed by atoms with Gasteiger partial charge < -0.3 is 14.2 Å². The molecule has 1 aliphatic heterocycles. The first-order valence-electron chi connectivity index (χ1n) is 8.92. The number of sulfonamides is 1. The van der Waals surface area contributed by atoms with E-state index in [9.17, 15) is 18.0 Å². The Morgan fingerprint density at radius 1 is 1.11 bits per heavy atom. The number of benzene rings is 1. The number of carbonyl (C=O) groups excluding carboxylic acids is 2. The number of hydrogen-bond acceptors (Lipinski definition) is 5. The van der Waals surface area contributed by atoms with Crippen LogP contribution in [0.1, 0.15) is 23.0 Å². The Bertz CT molecular complexity index is 948. The van der Waals surface area contributed by atoms with Gasteiger partial charge >= 0.3 is 0 Å². The summed E-state index contributed by atoms with van der Waals surface area (Å²) in [5, 5.41) is 0. The minimum atomic E-state index is -3.74. The standard InChI is InChI=1S/C19H23N3O5S/c1-15(23)21-8-10-22(11-9-21)28(25,26)18-7-3-5-16(13-18)19(24)20(2)14-17-6-4-12-27-17/h3-7,12-13H,8-11,14H2,1-2H3. The van der Waals surface area contributed by atoms with Crippen LogP contribution in [-0.4, -0.2) is 67.6 Å². The molecule has 1 aromatic heterocycles. The van der Waals surface area contributed by atoms with Crippen LogP contribution < -0.4 is 0 Å². The van der Waals surface area contributed by atoms with Gasteiger partial charge in [-0.25, -0.2) is 8.42 Å². The van der Waals surface area contributed by atoms with Gasteiger partial charge in [0.2, 0.25) is 15.9 Å². The van der Waals surface area contributed by atoms with Gasteiger partial charge in [-0.05, 0) is 30.3 Å². The zero-order valence-electron chi connectivity index (χ0n) is 15.9. The normalized spacial score (nSPS) is 15.4. The summed E-state index contributed by atoms with van der Waals surface area (Å²) in [6, 6.07) is 9.54. The van der Waals surface area contributed by atoms with Gasteiger partial charge in [0.1, 0.15) is 5.76 Å². The molecule has 0 spiro atoms. The summed E-state index contributed by atoms with van der Waals surface area (Å²) in [7, 11) is -2.10. The summed E-state index contributed by atoms with van der Waals surface area (Å²) in [5.74, 6) is 0.280. The van der Waals surface area contributed by atoms with Crippen LogP contribution in [0.5, 0.6) is 0 Å². The van der Waals surface area contributed by atoms with Crippen molar-refractivity contribution < 1.29 is 22.4 Å². The summed E-state index contributed by atoms with van der Waals surface area (Å²) in [6.07, 6.45) is 1.53. The van der Waals surface area contributed by atoms with E-state index in [1.807, 2.05) is 0 Å². The molecule has 3 rings (SSSR count). The van der Waals surface area contributed by atoms with Crippen molar-refractivity contribution >= 4 is 21.8 Å². The molecule has 150 valence electrons. The number of nitrogens with zero attached hydrogens (tertiary/aromatic N) is 3. The van der Waals surface area contributed by atoms with E-state index >= 15 is 0 Å². The maximum atomic E-state index is 12.9. The van der Waals surface area contributed by atoms with Crippen LogP contribution in [0.4, 0.5) is 0 Å². The predicted octanol–water partition coefficient (Wildman–Crippen LogP) is 1.40. The van der Waals surface area contributed by atoms with Gasteiger partial charge in [0.05, 0.1) is 17.7 Å². The third kappa shape index (κ3) is 4.26. The minimum absolute atomic E-state index is 0.0655. The number of piperazine rings is 1. The number of amides is 2. The Kier molecular flexibility index (Phi) is 5.85. The first-order valence-corrected chi connectivity index (χ1v) is 10.4. The van der Waals surface area contributed by atoms with Crippen LogP contribution >= 0.6 is 0 Å². The first-order chi connectivity index (χ1) is 13.3. The second-order valence-corrected chi connectivity index (χ2v) is 8.62. The summed E-state index contributed by atoms with van der Waals surface area (Å²) in [5.41, 5.74) is 0.289. The lowest BCUT2D eigenvalue weighted by Gasteiger charge is -2.33. The van der Waals surface area contributed by atoms with Crippen LogP contribution in [0.25, 0.3) is 0 Å². The topological polar surface area (TPSA) is 91.1 Å². The molecule has 0 saturated carbocycles. The molecule has 0 radical (unpaired) electrons. The van der Waals surface area contributed by atoms with Crippen LogP contribution in [0.15, 0.2) is 52.0 Å². The van der Waals surface area contributed by atoms with E-state index < -0.39 is 10.0 Å². The van der Waals surface area contributed by atoms with Crippen molar-refractivity contribution in [2.75, 3.05) is 33.2 Å². The van der Waals surface area contributed by atoms with Crippen LogP contribution in [0.3, 0.4) is 0 Å². The van der Waals surface area contributed by atoms with Gasteiger partial charge in [-0.3, -0.25) is 9.59 Å². The van der Waals surface area contributed by atoms with E-state index in [2.05, 4.69) is 0 Å². The average Bonchev–Trinajstić information content (AvgIpc) is 3.20. The van der Waals surface area contributed by atoms with E-state index in [1.165, 1.54) is 34.5 Å². The fourth-order valence-electron chi connectivity index (χ4n) is 3.11. The van der Waals surface area contributed by atoms with Gasteiger partial charge in [0.25, 0.3) is 5.91 Å². The Hall–Kier alpha value is -2.65. The molecule has 1 aliphatic rings. The summed E-state index contributed by atoms with van der Waals surface area (Å²) in [4.78, 5) is 27.3. The van der Waals surface area contributed by atoms with E-state index in [4.69, 9.17) is 4.42 Å². The molecule has 0 aliphatic carbocycles. The largest absolute Gasteiger partial charge is 0.467 e. The third-order valence-electron chi connectivity index (χ3n) is 4.72. The molecule has 1 fully saturated rings. The van der Waals surface area contributed by atoms with Gasteiger partial charge in [-0.15, -0.1) is 0 Å². The highest BCUT2D eigenvalue weighted by Crippen LogP contribution is 2.20. The quantitative estimate of drug-likeness (QED) is 0.750. The highest BCUT2D eigenvalue weighted by molar-refractivity contribution is 7.89. The van der Waals surface area contributed by atoms with Crippen molar-refractivity contribution in [3.63, 3.8) is 0 Å². The predicted molar refractivity (Wildman–Crippen MR) is 102 cm³/mol. The van der Waals surface area contributed by atoms with Crippen LogP contribution in [0, 0.1) is 0 Å². The Morgan fingerprint density at radius 2 is 1.82 bits per heavy atom. The molecule has 8 nitrogen and oxygen atoms in total. The van der Waals surface area contributed by atoms with Crippen LogP contribution in [-0.2, 0) is 21.4 Å².